The molecule has 0 spiro atoms. The first kappa shape index (κ1) is 20.0. The molecule has 6 nitrogen and oxygen atoms in total. The summed E-state index contributed by atoms with van der Waals surface area (Å²) in [5.74, 6) is 2.49. The molecule has 0 amide bonds. The van der Waals surface area contributed by atoms with Gasteiger partial charge < -0.3 is 25.2 Å². The molecule has 3 rings (SSSR count). The Kier molecular flexibility index (Phi) is 7.14. The van der Waals surface area contributed by atoms with Crippen molar-refractivity contribution in [3.63, 3.8) is 0 Å². The second-order valence-electron chi connectivity index (χ2n) is 6.73. The van der Waals surface area contributed by atoms with Crippen LogP contribution in [0.5, 0.6) is 11.5 Å². The van der Waals surface area contributed by atoms with Crippen LogP contribution in [-0.2, 0) is 12.8 Å². The Morgan fingerprint density at radius 2 is 2.04 bits per heavy atom. The number of ether oxygens (including phenoxy) is 2. The Labute approximate surface area is 166 Å². The first-order valence-electron chi connectivity index (χ1n) is 9.78. The number of nitrogens with one attached hydrogen (secondary N) is 2. The summed E-state index contributed by atoms with van der Waals surface area (Å²) in [6.45, 7) is 4.63. The van der Waals surface area contributed by atoms with Crippen LogP contribution in [0.15, 0.2) is 47.5 Å². The highest BCUT2D eigenvalue weighted by Crippen LogP contribution is 2.25. The molecular formula is C22H29N3O3. The zero-order valence-electron chi connectivity index (χ0n) is 16.6. The highest BCUT2D eigenvalue weighted by atomic mass is 16.5. The molecule has 2 aromatic carbocycles. The lowest BCUT2D eigenvalue weighted by atomic mass is 10.1. The Morgan fingerprint density at radius 1 is 1.21 bits per heavy atom. The molecule has 2 aromatic rings. The summed E-state index contributed by atoms with van der Waals surface area (Å²) in [6.07, 6.45) is 1.24. The first-order chi connectivity index (χ1) is 13.7. The van der Waals surface area contributed by atoms with Crippen LogP contribution in [0.2, 0.25) is 0 Å². The zero-order valence-corrected chi connectivity index (χ0v) is 16.6. The summed E-state index contributed by atoms with van der Waals surface area (Å²) in [7, 11) is 1.63. The molecule has 28 heavy (non-hydrogen) atoms. The van der Waals surface area contributed by atoms with E-state index in [1.54, 1.807) is 7.11 Å². The fraction of sp³-hybridized carbons (Fsp3) is 0.409. The van der Waals surface area contributed by atoms with Crippen LogP contribution in [0.25, 0.3) is 0 Å². The van der Waals surface area contributed by atoms with E-state index in [-0.39, 0.29) is 6.54 Å². The van der Waals surface area contributed by atoms with Gasteiger partial charge in [0.2, 0.25) is 0 Å². The van der Waals surface area contributed by atoms with Gasteiger partial charge >= 0.3 is 0 Å². The van der Waals surface area contributed by atoms with Crippen LogP contribution in [0.1, 0.15) is 29.7 Å². The van der Waals surface area contributed by atoms with Gasteiger partial charge in [0, 0.05) is 19.5 Å². The van der Waals surface area contributed by atoms with Crippen LogP contribution >= 0.6 is 0 Å². The van der Waals surface area contributed by atoms with Crippen LogP contribution < -0.4 is 20.1 Å². The normalized spacial score (nSPS) is 14.2. The van der Waals surface area contributed by atoms with E-state index in [9.17, 15) is 5.11 Å². The van der Waals surface area contributed by atoms with E-state index in [4.69, 9.17) is 9.47 Å². The minimum atomic E-state index is -0.655. The zero-order chi connectivity index (χ0) is 19.8. The van der Waals surface area contributed by atoms with Crippen molar-refractivity contribution in [1.29, 1.82) is 0 Å². The average molecular weight is 383 g/mol. The molecule has 0 bridgehead atoms. The van der Waals surface area contributed by atoms with E-state index < -0.39 is 6.10 Å². The van der Waals surface area contributed by atoms with Crippen molar-refractivity contribution in [2.45, 2.75) is 25.9 Å². The third kappa shape index (κ3) is 5.39. The third-order valence-corrected chi connectivity index (χ3v) is 4.73. The summed E-state index contributed by atoms with van der Waals surface area (Å²) >= 11 is 0. The molecule has 150 valence electrons. The largest absolute Gasteiger partial charge is 0.497 e. The van der Waals surface area contributed by atoms with Gasteiger partial charge in [0.05, 0.1) is 26.4 Å². The molecule has 0 aliphatic carbocycles. The van der Waals surface area contributed by atoms with E-state index in [0.717, 1.165) is 49.6 Å². The molecule has 0 saturated carbocycles. The maximum atomic E-state index is 10.4. The first-order valence-corrected chi connectivity index (χ1v) is 9.78. The lowest BCUT2D eigenvalue weighted by Gasteiger charge is -2.14. The predicted molar refractivity (Wildman–Crippen MR) is 111 cm³/mol. The molecular weight excluding hydrogens is 354 g/mol. The van der Waals surface area contributed by atoms with Gasteiger partial charge in [-0.05, 0) is 48.2 Å². The monoisotopic (exact) mass is 383 g/mol. The number of nitrogens with zero attached hydrogens (tertiary/aromatic N) is 1. The third-order valence-electron chi connectivity index (χ3n) is 4.73. The molecule has 0 fully saturated rings. The van der Waals surface area contributed by atoms with E-state index >= 15 is 0 Å². The van der Waals surface area contributed by atoms with Crippen LogP contribution in [0.4, 0.5) is 0 Å². The Balaban J connectivity index is 1.51. The second kappa shape index (κ2) is 9.99. The number of hydrogen-bond acceptors (Lipinski definition) is 4. The van der Waals surface area contributed by atoms with E-state index in [0.29, 0.717) is 5.96 Å². The molecule has 1 aliphatic heterocycles. The lowest BCUT2D eigenvalue weighted by Crippen LogP contribution is -2.38. The van der Waals surface area contributed by atoms with E-state index in [1.807, 2.05) is 31.2 Å². The predicted octanol–water partition coefficient (Wildman–Crippen LogP) is 2.46. The maximum Gasteiger partial charge on any atom is 0.191 e. The summed E-state index contributed by atoms with van der Waals surface area (Å²) in [5, 5.41) is 16.9. The SMILES string of the molecule is CCNC(=NCC(O)c1ccc(OC)cc1)NCCc1ccc2c(c1)CCO2. The molecule has 0 radical (unpaired) electrons. The number of aliphatic hydroxyl groups excluding tert-OH is 1. The standard InChI is InChI=1S/C22H29N3O3/c1-3-23-22(25-15-20(26)17-5-7-19(27-2)8-6-17)24-12-10-16-4-9-21-18(14-16)11-13-28-21/h4-9,14,20,26H,3,10-13,15H2,1-2H3,(H2,23,24,25). The number of fused-ring (bicyclic) bond motifs is 1. The Morgan fingerprint density at radius 3 is 2.79 bits per heavy atom. The van der Waals surface area contributed by atoms with Gasteiger partial charge in [-0.2, -0.15) is 0 Å². The van der Waals surface area contributed by atoms with Crippen molar-refractivity contribution < 1.29 is 14.6 Å². The van der Waals surface area contributed by atoms with Crippen molar-refractivity contribution in [1.82, 2.24) is 10.6 Å². The number of aliphatic hydroxyl groups is 1. The summed E-state index contributed by atoms with van der Waals surface area (Å²) < 4.78 is 10.7. The van der Waals surface area contributed by atoms with Crippen LogP contribution in [0, 0.1) is 0 Å². The lowest BCUT2D eigenvalue weighted by molar-refractivity contribution is 0.187. The number of methoxy groups -OCH3 is 1. The quantitative estimate of drug-likeness (QED) is 0.482. The van der Waals surface area contributed by atoms with Gasteiger partial charge in [0.15, 0.2) is 5.96 Å². The number of aliphatic imine (C=N–C) groups is 1. The number of benzene rings is 2. The number of guanidine groups is 1. The fourth-order valence-electron chi connectivity index (χ4n) is 3.17. The molecule has 1 heterocycles. The number of hydrogen-bond donors (Lipinski definition) is 3. The molecule has 1 unspecified atom stereocenters. The summed E-state index contributed by atoms with van der Waals surface area (Å²) in [5.41, 5.74) is 3.40. The Bertz CT molecular complexity index is 790. The molecule has 1 atom stereocenters. The minimum Gasteiger partial charge on any atom is -0.497 e. The summed E-state index contributed by atoms with van der Waals surface area (Å²) in [6, 6.07) is 13.8. The highest BCUT2D eigenvalue weighted by molar-refractivity contribution is 5.79. The molecule has 0 aromatic heterocycles. The van der Waals surface area contributed by atoms with Gasteiger partial charge in [0.1, 0.15) is 11.5 Å². The van der Waals surface area contributed by atoms with E-state index in [2.05, 4.69) is 33.8 Å². The van der Waals surface area contributed by atoms with Gasteiger partial charge in [-0.15, -0.1) is 0 Å². The van der Waals surface area contributed by atoms with Gasteiger partial charge in [0.25, 0.3) is 0 Å². The highest BCUT2D eigenvalue weighted by Gasteiger charge is 2.12. The smallest absolute Gasteiger partial charge is 0.191 e. The fourth-order valence-corrected chi connectivity index (χ4v) is 3.17. The van der Waals surface area contributed by atoms with Crippen LogP contribution in [-0.4, -0.2) is 44.4 Å². The van der Waals surface area contributed by atoms with Crippen LogP contribution in [0.3, 0.4) is 0 Å². The topological polar surface area (TPSA) is 75.1 Å². The Hall–Kier alpha value is -2.73. The molecule has 0 saturated heterocycles. The molecule has 3 N–H and O–H groups in total. The van der Waals surface area contributed by atoms with Crippen molar-refractivity contribution in [2.24, 2.45) is 4.99 Å². The van der Waals surface area contributed by atoms with E-state index in [1.165, 1.54) is 11.1 Å². The minimum absolute atomic E-state index is 0.290. The molecule has 1 aliphatic rings. The van der Waals surface area contributed by atoms with Gasteiger partial charge in [-0.25, -0.2) is 0 Å². The van der Waals surface area contributed by atoms with Crippen molar-refractivity contribution in [3.05, 3.63) is 59.2 Å². The molecule has 6 heteroatoms. The van der Waals surface area contributed by atoms with Gasteiger partial charge in [-0.1, -0.05) is 24.3 Å². The maximum absolute atomic E-state index is 10.4. The van der Waals surface area contributed by atoms with Crippen molar-refractivity contribution in [3.8, 4) is 11.5 Å². The summed E-state index contributed by atoms with van der Waals surface area (Å²) in [4.78, 5) is 4.51. The van der Waals surface area contributed by atoms with Crippen molar-refractivity contribution >= 4 is 5.96 Å². The number of rotatable bonds is 8. The van der Waals surface area contributed by atoms with Gasteiger partial charge in [-0.3, -0.25) is 4.99 Å². The second-order valence-corrected chi connectivity index (χ2v) is 6.73. The average Bonchev–Trinajstić information content (AvgIpc) is 3.19. The van der Waals surface area contributed by atoms with Crippen molar-refractivity contribution in [2.75, 3.05) is 33.4 Å².